The van der Waals surface area contributed by atoms with E-state index in [0.717, 1.165) is 18.7 Å². The number of nitrogens with one attached hydrogen (secondary N) is 1. The summed E-state index contributed by atoms with van der Waals surface area (Å²) < 4.78 is 24.4. The van der Waals surface area contributed by atoms with Gasteiger partial charge in [0.2, 0.25) is 10.0 Å². The molecular formula is C13H20N2O2S. The number of hydrogen-bond donors (Lipinski definition) is 1. The molecule has 0 radical (unpaired) electrons. The van der Waals surface area contributed by atoms with Crippen molar-refractivity contribution in [3.63, 3.8) is 0 Å². The number of anilines is 1. The summed E-state index contributed by atoms with van der Waals surface area (Å²) in [6.07, 6.45) is 4.79. The highest BCUT2D eigenvalue weighted by atomic mass is 32.2. The number of rotatable bonds is 3. The molecule has 1 aliphatic rings. The lowest BCUT2D eigenvalue weighted by Crippen LogP contribution is -2.28. The molecule has 0 saturated carbocycles. The van der Waals surface area contributed by atoms with Crippen LogP contribution in [0.25, 0.3) is 0 Å². The molecule has 5 heteroatoms. The molecule has 100 valence electrons. The van der Waals surface area contributed by atoms with Crippen molar-refractivity contribution in [3.8, 4) is 0 Å². The first-order valence-corrected chi connectivity index (χ1v) is 8.10. The molecule has 1 aromatic carbocycles. The topological polar surface area (TPSA) is 49.4 Å². The fourth-order valence-corrected chi connectivity index (χ4v) is 2.76. The van der Waals surface area contributed by atoms with Gasteiger partial charge in [-0.3, -0.25) is 4.31 Å². The van der Waals surface area contributed by atoms with Crippen molar-refractivity contribution in [2.75, 3.05) is 24.2 Å². The van der Waals surface area contributed by atoms with Gasteiger partial charge in [0.15, 0.2) is 0 Å². The van der Waals surface area contributed by atoms with Crippen molar-refractivity contribution in [2.24, 2.45) is 0 Å². The minimum Gasteiger partial charge on any atom is -0.310 e. The van der Waals surface area contributed by atoms with Crippen LogP contribution >= 0.6 is 0 Å². The maximum atomic E-state index is 11.5. The average Bonchev–Trinajstić information content (AvgIpc) is 2.38. The van der Waals surface area contributed by atoms with Crippen LogP contribution in [0.2, 0.25) is 0 Å². The predicted octanol–water partition coefficient (Wildman–Crippen LogP) is 1.90. The van der Waals surface area contributed by atoms with Crippen LogP contribution in [0.3, 0.4) is 0 Å². The summed E-state index contributed by atoms with van der Waals surface area (Å²) in [5.41, 5.74) is 1.89. The molecule has 1 N–H and O–H groups in total. The van der Waals surface area contributed by atoms with Gasteiger partial charge < -0.3 is 5.32 Å². The molecule has 18 heavy (non-hydrogen) atoms. The van der Waals surface area contributed by atoms with E-state index in [1.165, 1.54) is 29.0 Å². The molecule has 1 unspecified atom stereocenters. The second-order valence-electron chi connectivity index (χ2n) is 4.83. The van der Waals surface area contributed by atoms with Gasteiger partial charge in [-0.2, -0.15) is 0 Å². The van der Waals surface area contributed by atoms with E-state index in [1.54, 1.807) is 7.05 Å². The first kappa shape index (κ1) is 13.4. The van der Waals surface area contributed by atoms with E-state index >= 15 is 0 Å². The van der Waals surface area contributed by atoms with Gasteiger partial charge in [0.25, 0.3) is 0 Å². The minimum atomic E-state index is -3.19. The Morgan fingerprint density at radius 1 is 1.33 bits per heavy atom. The van der Waals surface area contributed by atoms with E-state index in [4.69, 9.17) is 0 Å². The molecule has 1 aromatic rings. The fraction of sp³-hybridized carbons (Fsp3) is 0.538. The van der Waals surface area contributed by atoms with Crippen LogP contribution < -0.4 is 9.62 Å². The highest BCUT2D eigenvalue weighted by molar-refractivity contribution is 7.92. The Kier molecular flexibility index (Phi) is 3.92. The average molecular weight is 268 g/mol. The standard InChI is InChI=1S/C13H20N2O2S/c1-15(18(2,16)17)12-7-5-6-11(10-12)13-8-3-4-9-14-13/h5-7,10,13-14H,3-4,8-9H2,1-2H3. The zero-order valence-corrected chi connectivity index (χ0v) is 11.7. The van der Waals surface area contributed by atoms with Crippen LogP contribution in [-0.4, -0.2) is 28.3 Å². The molecule has 1 fully saturated rings. The van der Waals surface area contributed by atoms with Crippen LogP contribution in [0.1, 0.15) is 30.9 Å². The highest BCUT2D eigenvalue weighted by Crippen LogP contribution is 2.26. The molecule has 0 spiro atoms. The Labute approximate surface area is 109 Å². The number of nitrogens with zero attached hydrogens (tertiary/aromatic N) is 1. The normalized spacial score (nSPS) is 20.7. The van der Waals surface area contributed by atoms with Crippen LogP contribution in [-0.2, 0) is 10.0 Å². The van der Waals surface area contributed by atoms with Gasteiger partial charge in [0.05, 0.1) is 11.9 Å². The van der Waals surface area contributed by atoms with Crippen LogP contribution in [0.15, 0.2) is 24.3 Å². The minimum absolute atomic E-state index is 0.353. The summed E-state index contributed by atoms with van der Waals surface area (Å²) in [6.45, 7) is 1.04. The van der Waals surface area contributed by atoms with Crippen LogP contribution in [0.5, 0.6) is 0 Å². The monoisotopic (exact) mass is 268 g/mol. The molecule has 1 atom stereocenters. The molecule has 1 heterocycles. The van der Waals surface area contributed by atoms with Crippen LogP contribution in [0.4, 0.5) is 5.69 Å². The fourth-order valence-electron chi connectivity index (χ4n) is 2.27. The zero-order chi connectivity index (χ0) is 13.2. The lowest BCUT2D eigenvalue weighted by molar-refractivity contribution is 0.412. The Balaban J connectivity index is 2.24. The van der Waals surface area contributed by atoms with E-state index in [2.05, 4.69) is 11.4 Å². The van der Waals surface area contributed by atoms with Gasteiger partial charge in [-0.25, -0.2) is 8.42 Å². The molecule has 0 aromatic heterocycles. The molecular weight excluding hydrogens is 248 g/mol. The van der Waals surface area contributed by atoms with Crippen molar-refractivity contribution in [1.29, 1.82) is 0 Å². The summed E-state index contributed by atoms with van der Waals surface area (Å²) in [5.74, 6) is 0. The second-order valence-corrected chi connectivity index (χ2v) is 6.84. The third-order valence-electron chi connectivity index (χ3n) is 3.44. The van der Waals surface area contributed by atoms with E-state index in [1.807, 2.05) is 18.2 Å². The van der Waals surface area contributed by atoms with Gasteiger partial charge in [0.1, 0.15) is 0 Å². The second kappa shape index (κ2) is 5.28. The summed E-state index contributed by atoms with van der Waals surface area (Å²) in [5, 5.41) is 3.47. The predicted molar refractivity (Wildman–Crippen MR) is 74.3 cm³/mol. The van der Waals surface area contributed by atoms with E-state index < -0.39 is 10.0 Å². The Hall–Kier alpha value is -1.07. The Morgan fingerprint density at radius 3 is 2.72 bits per heavy atom. The smallest absolute Gasteiger partial charge is 0.231 e. The quantitative estimate of drug-likeness (QED) is 0.911. The van der Waals surface area contributed by atoms with Crippen molar-refractivity contribution >= 4 is 15.7 Å². The van der Waals surface area contributed by atoms with E-state index in [0.29, 0.717) is 6.04 Å². The van der Waals surface area contributed by atoms with Gasteiger partial charge in [0, 0.05) is 13.1 Å². The number of sulfonamides is 1. The van der Waals surface area contributed by atoms with Crippen molar-refractivity contribution in [2.45, 2.75) is 25.3 Å². The summed E-state index contributed by atoms with van der Waals surface area (Å²) in [7, 11) is -1.60. The van der Waals surface area contributed by atoms with E-state index in [9.17, 15) is 8.42 Å². The van der Waals surface area contributed by atoms with Crippen molar-refractivity contribution < 1.29 is 8.42 Å². The lowest BCUT2D eigenvalue weighted by Gasteiger charge is -2.25. The number of hydrogen-bond acceptors (Lipinski definition) is 3. The molecule has 2 rings (SSSR count). The summed E-state index contributed by atoms with van der Waals surface area (Å²) in [6, 6.07) is 8.12. The first-order valence-electron chi connectivity index (χ1n) is 6.26. The van der Waals surface area contributed by atoms with Gasteiger partial charge in [-0.05, 0) is 37.1 Å². The summed E-state index contributed by atoms with van der Waals surface area (Å²) in [4.78, 5) is 0. The lowest BCUT2D eigenvalue weighted by atomic mass is 9.97. The third kappa shape index (κ3) is 3.03. The number of benzene rings is 1. The maximum absolute atomic E-state index is 11.5. The molecule has 0 aliphatic carbocycles. The Morgan fingerprint density at radius 2 is 2.11 bits per heavy atom. The Bertz CT molecular complexity index is 507. The molecule has 1 saturated heterocycles. The molecule has 0 bridgehead atoms. The maximum Gasteiger partial charge on any atom is 0.231 e. The van der Waals surface area contributed by atoms with E-state index in [-0.39, 0.29) is 0 Å². The summed E-state index contributed by atoms with van der Waals surface area (Å²) >= 11 is 0. The molecule has 0 amide bonds. The zero-order valence-electron chi connectivity index (χ0n) is 10.9. The molecule has 1 aliphatic heterocycles. The van der Waals surface area contributed by atoms with Crippen LogP contribution in [0, 0.1) is 0 Å². The van der Waals surface area contributed by atoms with Gasteiger partial charge in [-0.15, -0.1) is 0 Å². The molecule has 4 nitrogen and oxygen atoms in total. The SMILES string of the molecule is CN(c1cccc(C2CCCCN2)c1)S(C)(=O)=O. The third-order valence-corrected chi connectivity index (χ3v) is 4.65. The van der Waals surface area contributed by atoms with Crippen molar-refractivity contribution in [3.05, 3.63) is 29.8 Å². The van der Waals surface area contributed by atoms with Crippen molar-refractivity contribution in [1.82, 2.24) is 5.32 Å². The highest BCUT2D eigenvalue weighted by Gasteiger charge is 2.17. The first-order chi connectivity index (χ1) is 8.48. The largest absolute Gasteiger partial charge is 0.310 e. The van der Waals surface area contributed by atoms with Gasteiger partial charge >= 0.3 is 0 Å². The number of piperidine rings is 1. The van der Waals surface area contributed by atoms with Gasteiger partial charge in [-0.1, -0.05) is 18.6 Å².